The van der Waals surface area contributed by atoms with Gasteiger partial charge in [0.2, 0.25) is 17.7 Å². The van der Waals surface area contributed by atoms with Gasteiger partial charge in [-0.15, -0.1) is 0 Å². The maximum atomic E-state index is 13.0. The van der Waals surface area contributed by atoms with Crippen molar-refractivity contribution in [3.8, 4) is 0 Å². The van der Waals surface area contributed by atoms with Gasteiger partial charge in [-0.25, -0.2) is 4.79 Å². The monoisotopic (exact) mass is 512 g/mol. The van der Waals surface area contributed by atoms with Gasteiger partial charge in [0, 0.05) is 18.7 Å². The third-order valence-corrected chi connectivity index (χ3v) is 5.94. The number of carbonyl (C=O) groups excluding carboxylic acids is 3. The molecule has 1 aromatic carbocycles. The highest BCUT2D eigenvalue weighted by atomic mass is 32.2. The summed E-state index contributed by atoms with van der Waals surface area (Å²) in [4.78, 5) is 51.4. The van der Waals surface area contributed by atoms with Crippen LogP contribution in [0.1, 0.15) is 25.8 Å². The summed E-state index contributed by atoms with van der Waals surface area (Å²) in [5.74, 6) is -1.87. The van der Waals surface area contributed by atoms with Gasteiger partial charge in [-0.05, 0) is 29.9 Å². The van der Waals surface area contributed by atoms with Crippen molar-refractivity contribution in [2.24, 2.45) is 11.7 Å². The van der Waals surface area contributed by atoms with Crippen LogP contribution < -0.4 is 16.4 Å². The fourth-order valence-electron chi connectivity index (χ4n) is 3.22. The molecule has 0 aromatic heterocycles. The van der Waals surface area contributed by atoms with Gasteiger partial charge in [-0.1, -0.05) is 44.2 Å². The summed E-state index contributed by atoms with van der Waals surface area (Å²) >= 11 is 5.54. The molecule has 3 atom stereocenters. The Kier molecular flexibility index (Phi) is 13.7. The second-order valence-corrected chi connectivity index (χ2v) is 9.74. The number of nitrogens with two attached hydrogens (primary N) is 1. The average molecular weight is 513 g/mol. The predicted molar refractivity (Wildman–Crippen MR) is 138 cm³/mol. The Morgan fingerprint density at radius 1 is 1.12 bits per heavy atom. The van der Waals surface area contributed by atoms with Gasteiger partial charge in [0.15, 0.2) is 0 Å². The fourth-order valence-corrected chi connectivity index (χ4v) is 3.85. The standard InChI is InChI=1S/C23H36N4O5S2/c1-15(2)12-27(22(30)17(24)14-33)13-20(28)25-19(11-16-7-5-4-6-8-16)21(29)26-18(23(31)32)9-10-34-3/h4-8,15,17-19,33H,9-14,24H2,1-3H3,(H,25,28)(H,26,29)(H,31,32)/t17-,18-,19-/m0/s1. The van der Waals surface area contributed by atoms with Crippen molar-refractivity contribution in [1.82, 2.24) is 15.5 Å². The van der Waals surface area contributed by atoms with Gasteiger partial charge in [-0.3, -0.25) is 14.4 Å². The molecular formula is C23H36N4O5S2. The zero-order valence-corrected chi connectivity index (χ0v) is 21.6. The fraction of sp³-hybridized carbons (Fsp3) is 0.565. The maximum absolute atomic E-state index is 13.0. The summed E-state index contributed by atoms with van der Waals surface area (Å²) < 4.78 is 0. The van der Waals surface area contributed by atoms with Gasteiger partial charge in [0.25, 0.3) is 0 Å². The van der Waals surface area contributed by atoms with E-state index in [2.05, 4.69) is 23.3 Å². The van der Waals surface area contributed by atoms with Gasteiger partial charge >= 0.3 is 5.97 Å². The number of hydrogen-bond donors (Lipinski definition) is 5. The van der Waals surface area contributed by atoms with E-state index in [9.17, 15) is 24.3 Å². The van der Waals surface area contributed by atoms with Crippen LogP contribution in [0, 0.1) is 5.92 Å². The minimum absolute atomic E-state index is 0.0973. The molecule has 11 heteroatoms. The molecule has 0 spiro atoms. The lowest BCUT2D eigenvalue weighted by atomic mass is 10.0. The molecule has 1 aromatic rings. The molecule has 0 unspecified atom stereocenters. The third kappa shape index (κ3) is 10.8. The molecule has 190 valence electrons. The van der Waals surface area contributed by atoms with Crippen molar-refractivity contribution >= 4 is 48.1 Å². The first-order valence-corrected chi connectivity index (χ1v) is 13.1. The van der Waals surface area contributed by atoms with Crippen LogP contribution >= 0.6 is 24.4 Å². The molecule has 34 heavy (non-hydrogen) atoms. The molecule has 0 bridgehead atoms. The Morgan fingerprint density at radius 2 is 1.76 bits per heavy atom. The summed E-state index contributed by atoms with van der Waals surface area (Å²) in [6.45, 7) is 3.87. The SMILES string of the molecule is CSCC[C@H](NC(=O)[C@H](Cc1ccccc1)NC(=O)CN(CC(C)C)C(=O)[C@@H](N)CS)C(=O)O. The maximum Gasteiger partial charge on any atom is 0.326 e. The lowest BCUT2D eigenvalue weighted by Crippen LogP contribution is -2.55. The predicted octanol–water partition coefficient (Wildman–Crippen LogP) is 0.778. The Bertz CT molecular complexity index is 810. The topological polar surface area (TPSA) is 142 Å². The number of amides is 3. The number of rotatable bonds is 15. The third-order valence-electron chi connectivity index (χ3n) is 4.91. The average Bonchev–Trinajstić information content (AvgIpc) is 2.79. The molecule has 3 amide bonds. The Balaban J connectivity index is 3.02. The number of carboxylic acid groups (broad SMARTS) is 1. The second-order valence-electron chi connectivity index (χ2n) is 8.39. The molecule has 1 rings (SSSR count). The zero-order valence-electron chi connectivity index (χ0n) is 19.9. The van der Waals surface area contributed by atoms with E-state index in [0.717, 1.165) is 5.56 Å². The van der Waals surface area contributed by atoms with Gasteiger partial charge in [0.05, 0.1) is 12.6 Å². The van der Waals surface area contributed by atoms with Gasteiger partial charge in [0.1, 0.15) is 12.1 Å². The summed E-state index contributed by atoms with van der Waals surface area (Å²) in [6, 6.07) is 6.16. The van der Waals surface area contributed by atoms with E-state index in [1.807, 2.05) is 50.4 Å². The zero-order chi connectivity index (χ0) is 25.7. The molecule has 0 radical (unpaired) electrons. The van der Waals surface area contributed by atoms with E-state index < -0.39 is 41.8 Å². The van der Waals surface area contributed by atoms with E-state index in [-0.39, 0.29) is 31.1 Å². The molecule has 9 nitrogen and oxygen atoms in total. The smallest absolute Gasteiger partial charge is 0.326 e. The largest absolute Gasteiger partial charge is 0.480 e. The highest BCUT2D eigenvalue weighted by molar-refractivity contribution is 7.98. The molecule has 0 aliphatic rings. The van der Waals surface area contributed by atoms with E-state index >= 15 is 0 Å². The van der Waals surface area contributed by atoms with Crippen LogP contribution in [0.3, 0.4) is 0 Å². The number of hydrogen-bond acceptors (Lipinski definition) is 7. The molecule has 0 fully saturated rings. The number of nitrogens with zero attached hydrogens (tertiary/aromatic N) is 1. The first kappa shape index (κ1) is 29.8. The van der Waals surface area contributed by atoms with Crippen LogP contribution in [-0.2, 0) is 25.6 Å². The highest BCUT2D eigenvalue weighted by Gasteiger charge is 2.28. The van der Waals surface area contributed by atoms with E-state index in [4.69, 9.17) is 5.73 Å². The number of thioether (sulfide) groups is 1. The summed E-state index contributed by atoms with van der Waals surface area (Å²) in [5.41, 5.74) is 6.62. The molecule has 0 aliphatic carbocycles. The van der Waals surface area contributed by atoms with Crippen LogP contribution in [-0.4, -0.2) is 82.7 Å². The first-order chi connectivity index (χ1) is 16.1. The number of nitrogens with one attached hydrogen (secondary N) is 2. The summed E-state index contributed by atoms with van der Waals surface area (Å²) in [6.07, 6.45) is 2.27. The summed E-state index contributed by atoms with van der Waals surface area (Å²) in [7, 11) is 0. The van der Waals surface area contributed by atoms with Crippen LogP contribution in [0.5, 0.6) is 0 Å². The van der Waals surface area contributed by atoms with Crippen molar-refractivity contribution in [1.29, 1.82) is 0 Å². The van der Waals surface area contributed by atoms with Crippen LogP contribution in [0.15, 0.2) is 30.3 Å². The second kappa shape index (κ2) is 15.6. The summed E-state index contributed by atoms with van der Waals surface area (Å²) in [5, 5.41) is 14.7. The first-order valence-electron chi connectivity index (χ1n) is 11.1. The Hall–Kier alpha value is -2.24. The van der Waals surface area contributed by atoms with Crippen molar-refractivity contribution in [2.45, 2.75) is 44.8 Å². The number of benzene rings is 1. The lowest BCUT2D eigenvalue weighted by Gasteiger charge is -2.28. The normalized spacial score (nSPS) is 13.6. The van der Waals surface area contributed by atoms with Crippen LogP contribution in [0.4, 0.5) is 0 Å². The number of carbonyl (C=O) groups is 4. The highest BCUT2D eigenvalue weighted by Crippen LogP contribution is 2.07. The Morgan fingerprint density at radius 3 is 2.29 bits per heavy atom. The van der Waals surface area contributed by atoms with Crippen molar-refractivity contribution in [3.05, 3.63) is 35.9 Å². The molecule has 0 saturated carbocycles. The number of aliphatic carboxylic acids is 1. The van der Waals surface area contributed by atoms with Gasteiger partial charge < -0.3 is 26.4 Å². The Labute approximate surface area is 211 Å². The van der Waals surface area contributed by atoms with E-state index in [0.29, 0.717) is 12.3 Å². The van der Waals surface area contributed by atoms with Crippen molar-refractivity contribution in [3.63, 3.8) is 0 Å². The minimum Gasteiger partial charge on any atom is -0.480 e. The van der Waals surface area contributed by atoms with Crippen LogP contribution in [0.2, 0.25) is 0 Å². The number of carboxylic acids is 1. The molecular weight excluding hydrogens is 476 g/mol. The van der Waals surface area contributed by atoms with Crippen LogP contribution in [0.25, 0.3) is 0 Å². The minimum atomic E-state index is -1.14. The molecule has 0 heterocycles. The lowest BCUT2D eigenvalue weighted by molar-refractivity contribution is -0.142. The molecule has 0 aliphatic heterocycles. The number of thiol groups is 1. The molecule has 5 N–H and O–H groups in total. The van der Waals surface area contributed by atoms with Crippen molar-refractivity contribution in [2.75, 3.05) is 30.9 Å². The van der Waals surface area contributed by atoms with E-state index in [1.165, 1.54) is 16.7 Å². The van der Waals surface area contributed by atoms with Crippen molar-refractivity contribution < 1.29 is 24.3 Å². The van der Waals surface area contributed by atoms with Gasteiger partial charge in [-0.2, -0.15) is 24.4 Å². The van der Waals surface area contributed by atoms with E-state index in [1.54, 1.807) is 0 Å². The molecule has 0 saturated heterocycles. The quantitative estimate of drug-likeness (QED) is 0.219.